The highest BCUT2D eigenvalue weighted by atomic mass is 79.9. The summed E-state index contributed by atoms with van der Waals surface area (Å²) in [7, 11) is 1.61. The van der Waals surface area contributed by atoms with Crippen LogP contribution in [-0.4, -0.2) is 24.9 Å². The summed E-state index contributed by atoms with van der Waals surface area (Å²) in [5.74, 6) is 1.80. The van der Waals surface area contributed by atoms with E-state index < -0.39 is 0 Å². The molecule has 1 aliphatic heterocycles. The predicted molar refractivity (Wildman–Crippen MR) is 111 cm³/mol. The van der Waals surface area contributed by atoms with Gasteiger partial charge in [0.2, 0.25) is 5.91 Å². The molecule has 0 spiro atoms. The number of methoxy groups -OCH3 is 1. The molecule has 1 amide bonds. The van der Waals surface area contributed by atoms with Crippen molar-refractivity contribution >= 4 is 50.9 Å². The van der Waals surface area contributed by atoms with Crippen molar-refractivity contribution in [3.8, 4) is 11.5 Å². The Hall–Kier alpha value is -1.37. The molecule has 4 nitrogen and oxygen atoms in total. The quantitative estimate of drug-likeness (QED) is 0.580. The first kappa shape index (κ1) is 19.4. The van der Waals surface area contributed by atoms with Gasteiger partial charge in [-0.25, -0.2) is 0 Å². The average Bonchev–Trinajstić information content (AvgIpc) is 2.98. The molecule has 1 aliphatic rings. The highest BCUT2D eigenvalue weighted by Gasteiger charge is 2.35. The van der Waals surface area contributed by atoms with E-state index in [2.05, 4.69) is 15.9 Å². The van der Waals surface area contributed by atoms with Crippen LogP contribution < -0.4 is 14.4 Å². The Morgan fingerprint density at radius 1 is 1.27 bits per heavy atom. The summed E-state index contributed by atoms with van der Waals surface area (Å²) in [6.07, 6.45) is 0.0269. The molecular weight excluding hydrogens is 438 g/mol. The van der Waals surface area contributed by atoms with Crippen molar-refractivity contribution < 1.29 is 14.3 Å². The van der Waals surface area contributed by atoms with E-state index >= 15 is 0 Å². The highest BCUT2D eigenvalue weighted by molar-refractivity contribution is 9.10. The van der Waals surface area contributed by atoms with Gasteiger partial charge in [0.15, 0.2) is 11.5 Å². The van der Waals surface area contributed by atoms with Gasteiger partial charge in [0.1, 0.15) is 5.37 Å². The van der Waals surface area contributed by atoms with Crippen LogP contribution in [0.15, 0.2) is 40.9 Å². The first-order valence-corrected chi connectivity index (χ1v) is 10.4. The second-order valence-electron chi connectivity index (χ2n) is 6.10. The Balaban J connectivity index is 2.00. The number of carbonyl (C=O) groups is 1. The van der Waals surface area contributed by atoms with Gasteiger partial charge in [-0.1, -0.05) is 11.6 Å². The summed E-state index contributed by atoms with van der Waals surface area (Å²) in [5, 5.41) is 0.506. The topological polar surface area (TPSA) is 38.8 Å². The van der Waals surface area contributed by atoms with E-state index in [1.54, 1.807) is 35.9 Å². The molecule has 0 N–H and O–H groups in total. The highest BCUT2D eigenvalue weighted by Crippen LogP contribution is 2.46. The van der Waals surface area contributed by atoms with E-state index in [1.807, 2.05) is 38.1 Å². The van der Waals surface area contributed by atoms with Gasteiger partial charge in [0.25, 0.3) is 0 Å². The number of hydrogen-bond acceptors (Lipinski definition) is 4. The molecule has 1 saturated heterocycles. The zero-order valence-corrected chi connectivity index (χ0v) is 17.8. The molecule has 1 fully saturated rings. The smallest absolute Gasteiger partial charge is 0.238 e. The molecule has 0 bridgehead atoms. The molecule has 7 heteroatoms. The molecule has 26 heavy (non-hydrogen) atoms. The van der Waals surface area contributed by atoms with Crippen LogP contribution in [-0.2, 0) is 4.79 Å². The van der Waals surface area contributed by atoms with Crippen LogP contribution >= 0.6 is 39.3 Å². The SMILES string of the molecule is COc1cc([C@H]2SCC(=O)N2c2ccc(Cl)cc2)cc(Br)c1OC(C)C. The molecule has 2 aromatic rings. The standard InChI is InChI=1S/C19H19BrClNO3S/c1-11(2)25-18-15(20)8-12(9-16(18)24-3)19-22(17(23)10-26-19)14-6-4-13(21)5-7-14/h4-9,11,19H,10H2,1-3H3/t19-/m1/s1. The number of anilines is 1. The van der Waals surface area contributed by atoms with Crippen LogP contribution in [0.5, 0.6) is 11.5 Å². The summed E-state index contributed by atoms with van der Waals surface area (Å²) < 4.78 is 12.2. The molecule has 0 radical (unpaired) electrons. The lowest BCUT2D eigenvalue weighted by Crippen LogP contribution is -2.27. The Morgan fingerprint density at radius 3 is 2.58 bits per heavy atom. The largest absolute Gasteiger partial charge is 0.493 e. The third-order valence-electron chi connectivity index (χ3n) is 3.86. The number of nitrogens with zero attached hydrogens (tertiary/aromatic N) is 1. The van der Waals surface area contributed by atoms with Gasteiger partial charge in [-0.15, -0.1) is 11.8 Å². The van der Waals surface area contributed by atoms with Crippen molar-refractivity contribution in [3.05, 3.63) is 51.5 Å². The Labute approximate surface area is 170 Å². The summed E-state index contributed by atoms with van der Waals surface area (Å²) in [4.78, 5) is 14.3. The number of rotatable bonds is 5. The zero-order chi connectivity index (χ0) is 18.8. The van der Waals surface area contributed by atoms with Crippen LogP contribution in [0, 0.1) is 0 Å². The minimum Gasteiger partial charge on any atom is -0.493 e. The number of ether oxygens (including phenoxy) is 2. The second-order valence-corrected chi connectivity index (χ2v) is 8.46. The Kier molecular flexibility index (Phi) is 6.05. The summed E-state index contributed by atoms with van der Waals surface area (Å²) in [6, 6.07) is 11.2. The summed E-state index contributed by atoms with van der Waals surface area (Å²) in [6.45, 7) is 3.93. The minimum absolute atomic E-state index is 0.0269. The van der Waals surface area contributed by atoms with E-state index in [9.17, 15) is 4.79 Å². The van der Waals surface area contributed by atoms with Gasteiger partial charge in [0.05, 0.1) is 23.4 Å². The molecule has 1 atom stereocenters. The fourth-order valence-electron chi connectivity index (χ4n) is 2.78. The Bertz CT molecular complexity index is 813. The second kappa shape index (κ2) is 8.11. The maximum atomic E-state index is 12.5. The lowest BCUT2D eigenvalue weighted by atomic mass is 10.1. The summed E-state index contributed by atoms with van der Waals surface area (Å²) in [5.41, 5.74) is 1.79. The lowest BCUT2D eigenvalue weighted by molar-refractivity contribution is -0.115. The number of thioether (sulfide) groups is 1. The maximum absolute atomic E-state index is 12.5. The van der Waals surface area contributed by atoms with Crippen LogP contribution in [0.4, 0.5) is 5.69 Å². The average molecular weight is 457 g/mol. The van der Waals surface area contributed by atoms with Crippen molar-refractivity contribution in [3.63, 3.8) is 0 Å². The Morgan fingerprint density at radius 2 is 1.96 bits per heavy atom. The van der Waals surface area contributed by atoms with Gasteiger partial charge in [0, 0.05) is 10.7 Å². The van der Waals surface area contributed by atoms with E-state index in [-0.39, 0.29) is 17.4 Å². The maximum Gasteiger partial charge on any atom is 0.238 e. The van der Waals surface area contributed by atoms with Gasteiger partial charge < -0.3 is 9.47 Å². The first-order chi connectivity index (χ1) is 12.4. The molecule has 2 aromatic carbocycles. The van der Waals surface area contributed by atoms with Crippen molar-refractivity contribution in [1.29, 1.82) is 0 Å². The molecule has 0 saturated carbocycles. The van der Waals surface area contributed by atoms with Gasteiger partial charge in [-0.2, -0.15) is 0 Å². The molecule has 0 unspecified atom stereocenters. The van der Waals surface area contributed by atoms with Crippen molar-refractivity contribution in [1.82, 2.24) is 0 Å². The third-order valence-corrected chi connectivity index (χ3v) is 5.92. The molecule has 138 valence electrons. The van der Waals surface area contributed by atoms with Crippen LogP contribution in [0.2, 0.25) is 5.02 Å². The number of amides is 1. The van der Waals surface area contributed by atoms with Crippen LogP contribution in [0.1, 0.15) is 24.8 Å². The van der Waals surface area contributed by atoms with Gasteiger partial charge in [-0.3, -0.25) is 9.69 Å². The minimum atomic E-state index is -0.137. The van der Waals surface area contributed by atoms with E-state index in [0.29, 0.717) is 22.3 Å². The molecule has 0 aromatic heterocycles. The number of carbonyl (C=O) groups excluding carboxylic acids is 1. The van der Waals surface area contributed by atoms with Crippen molar-refractivity contribution in [2.75, 3.05) is 17.8 Å². The van der Waals surface area contributed by atoms with E-state index in [0.717, 1.165) is 15.7 Å². The van der Waals surface area contributed by atoms with Crippen molar-refractivity contribution in [2.24, 2.45) is 0 Å². The predicted octanol–water partition coefficient (Wildman–Crippen LogP) is 5.68. The zero-order valence-electron chi connectivity index (χ0n) is 14.7. The van der Waals surface area contributed by atoms with Crippen LogP contribution in [0.3, 0.4) is 0 Å². The van der Waals surface area contributed by atoms with Gasteiger partial charge >= 0.3 is 0 Å². The fraction of sp³-hybridized carbons (Fsp3) is 0.316. The molecule has 1 heterocycles. The number of halogens is 2. The lowest BCUT2D eigenvalue weighted by Gasteiger charge is -2.26. The van der Waals surface area contributed by atoms with Crippen molar-refractivity contribution in [2.45, 2.75) is 25.3 Å². The molecular formula is C19H19BrClNO3S. The van der Waals surface area contributed by atoms with E-state index in [4.69, 9.17) is 21.1 Å². The van der Waals surface area contributed by atoms with Gasteiger partial charge in [-0.05, 0) is 71.7 Å². The van der Waals surface area contributed by atoms with E-state index in [1.165, 1.54) is 0 Å². The monoisotopic (exact) mass is 455 g/mol. The van der Waals surface area contributed by atoms with Crippen LogP contribution in [0.25, 0.3) is 0 Å². The first-order valence-electron chi connectivity index (χ1n) is 8.14. The fourth-order valence-corrected chi connectivity index (χ4v) is 4.62. The number of hydrogen-bond donors (Lipinski definition) is 0. The normalized spacial score (nSPS) is 17.1. The third kappa shape index (κ3) is 3.97. The summed E-state index contributed by atoms with van der Waals surface area (Å²) >= 11 is 11.1. The number of benzene rings is 2. The molecule has 3 rings (SSSR count). The molecule has 0 aliphatic carbocycles.